The zero-order valence-corrected chi connectivity index (χ0v) is 11.8. The van der Waals surface area contributed by atoms with Gasteiger partial charge in [0.15, 0.2) is 0 Å². The molecule has 0 aliphatic rings. The molecule has 0 aromatic heterocycles. The fourth-order valence-electron chi connectivity index (χ4n) is 1.61. The van der Waals surface area contributed by atoms with Crippen LogP contribution in [0.1, 0.15) is 27.7 Å². The van der Waals surface area contributed by atoms with Gasteiger partial charge in [-0.3, -0.25) is 0 Å². The summed E-state index contributed by atoms with van der Waals surface area (Å²) in [5, 5.41) is 11.8. The average Bonchev–Trinajstić information content (AvgIpc) is 2.27. The van der Waals surface area contributed by atoms with E-state index in [9.17, 15) is 9.59 Å². The van der Waals surface area contributed by atoms with Crippen molar-refractivity contribution in [2.24, 2.45) is 5.92 Å². The number of rotatable bonds is 7. The molecule has 0 saturated carbocycles. The molecule has 6 nitrogen and oxygen atoms in total. The lowest BCUT2D eigenvalue weighted by molar-refractivity contribution is -0.147. The first kappa shape index (κ1) is 16.7. The van der Waals surface area contributed by atoms with E-state index in [2.05, 4.69) is 5.32 Å². The zero-order chi connectivity index (χ0) is 14.3. The Labute approximate surface area is 108 Å². The molecule has 0 spiro atoms. The predicted molar refractivity (Wildman–Crippen MR) is 68.5 cm³/mol. The molecule has 2 amide bonds. The van der Waals surface area contributed by atoms with E-state index in [1.807, 2.05) is 6.92 Å². The molecule has 0 heterocycles. The maximum atomic E-state index is 11.9. The third kappa shape index (κ3) is 4.52. The first-order chi connectivity index (χ1) is 8.27. The number of carboxylic acid groups (broad SMARTS) is 1. The lowest BCUT2D eigenvalue weighted by atomic mass is 10.0. The smallest absolute Gasteiger partial charge is 0.329 e. The van der Waals surface area contributed by atoms with E-state index in [-0.39, 0.29) is 11.9 Å². The number of aliphatic carboxylic acids is 1. The van der Waals surface area contributed by atoms with Gasteiger partial charge in [0.25, 0.3) is 0 Å². The Kier molecular flexibility index (Phi) is 6.68. The molecule has 18 heavy (non-hydrogen) atoms. The summed E-state index contributed by atoms with van der Waals surface area (Å²) in [6, 6.07) is -0.368. The highest BCUT2D eigenvalue weighted by molar-refractivity contribution is 5.85. The van der Waals surface area contributed by atoms with Crippen molar-refractivity contribution < 1.29 is 19.4 Å². The molecule has 6 heteroatoms. The molecule has 106 valence electrons. The van der Waals surface area contributed by atoms with Crippen LogP contribution in [-0.2, 0) is 9.53 Å². The van der Waals surface area contributed by atoms with Crippen molar-refractivity contribution in [3.05, 3.63) is 0 Å². The number of hydrogen-bond acceptors (Lipinski definition) is 3. The number of carboxylic acids is 1. The van der Waals surface area contributed by atoms with Gasteiger partial charge in [-0.05, 0) is 26.7 Å². The van der Waals surface area contributed by atoms with Crippen LogP contribution in [0.25, 0.3) is 0 Å². The molecule has 2 N–H and O–H groups in total. The van der Waals surface area contributed by atoms with Crippen LogP contribution in [0.5, 0.6) is 0 Å². The van der Waals surface area contributed by atoms with E-state index in [4.69, 9.17) is 9.84 Å². The highest BCUT2D eigenvalue weighted by Crippen LogP contribution is 2.14. The summed E-state index contributed by atoms with van der Waals surface area (Å²) in [4.78, 5) is 24.4. The predicted octanol–water partition coefficient (Wildman–Crippen LogP) is 1.16. The number of likely N-dealkylation sites (N-methyl/N-ethyl adjacent to an activating group) is 1. The first-order valence-electron chi connectivity index (χ1n) is 6.05. The first-order valence-corrected chi connectivity index (χ1v) is 6.05. The zero-order valence-electron chi connectivity index (χ0n) is 11.8. The number of hydrogen-bond donors (Lipinski definition) is 2. The third-order valence-electron chi connectivity index (χ3n) is 2.81. The molecule has 0 aromatic carbocycles. The lowest BCUT2D eigenvalue weighted by Crippen LogP contribution is -2.56. The van der Waals surface area contributed by atoms with Crippen molar-refractivity contribution in [1.29, 1.82) is 0 Å². The van der Waals surface area contributed by atoms with Crippen molar-refractivity contribution in [1.82, 2.24) is 10.2 Å². The van der Waals surface area contributed by atoms with Crippen molar-refractivity contribution >= 4 is 12.0 Å². The Hall–Kier alpha value is -1.30. The molecule has 1 atom stereocenters. The van der Waals surface area contributed by atoms with E-state index in [0.717, 1.165) is 0 Å². The Bertz CT molecular complexity index is 292. The lowest BCUT2D eigenvalue weighted by Gasteiger charge is -2.34. The summed E-state index contributed by atoms with van der Waals surface area (Å²) < 4.78 is 4.97. The monoisotopic (exact) mass is 260 g/mol. The topological polar surface area (TPSA) is 78.9 Å². The van der Waals surface area contributed by atoms with E-state index < -0.39 is 11.5 Å². The van der Waals surface area contributed by atoms with E-state index in [1.54, 1.807) is 14.0 Å². The van der Waals surface area contributed by atoms with Crippen molar-refractivity contribution in [3.8, 4) is 0 Å². The number of carbonyl (C=O) groups is 2. The van der Waals surface area contributed by atoms with Gasteiger partial charge in [0, 0.05) is 20.2 Å². The van der Waals surface area contributed by atoms with Gasteiger partial charge in [-0.1, -0.05) is 6.92 Å². The number of nitrogens with one attached hydrogen (secondary N) is 1. The third-order valence-corrected chi connectivity index (χ3v) is 2.81. The van der Waals surface area contributed by atoms with Gasteiger partial charge in [0.1, 0.15) is 5.54 Å². The van der Waals surface area contributed by atoms with Gasteiger partial charge in [-0.2, -0.15) is 0 Å². The number of urea groups is 1. The summed E-state index contributed by atoms with van der Waals surface area (Å²) in [7, 11) is 1.60. The van der Waals surface area contributed by atoms with Gasteiger partial charge >= 0.3 is 12.0 Å². The maximum Gasteiger partial charge on any atom is 0.329 e. The second-order valence-corrected chi connectivity index (χ2v) is 4.85. The van der Waals surface area contributed by atoms with Crippen LogP contribution < -0.4 is 5.32 Å². The van der Waals surface area contributed by atoms with Gasteiger partial charge in [-0.15, -0.1) is 0 Å². The Morgan fingerprint density at radius 1 is 1.44 bits per heavy atom. The van der Waals surface area contributed by atoms with E-state index in [0.29, 0.717) is 19.7 Å². The van der Waals surface area contributed by atoms with E-state index in [1.165, 1.54) is 18.7 Å². The molecule has 0 bridgehead atoms. The molecule has 0 aliphatic heterocycles. The standard InChI is InChI=1S/C12H24N2O4/c1-6-14(12(3,4)10(15)16)11(17)13-7-9(2)8-18-5/h9H,6-8H2,1-5H3,(H,13,17)(H,15,16). The molecule has 0 radical (unpaired) electrons. The minimum Gasteiger partial charge on any atom is -0.480 e. The Morgan fingerprint density at radius 3 is 2.39 bits per heavy atom. The normalized spacial score (nSPS) is 12.9. The summed E-state index contributed by atoms with van der Waals surface area (Å²) in [5.41, 5.74) is -1.22. The van der Waals surface area contributed by atoms with Crippen LogP contribution in [0, 0.1) is 5.92 Å². The molecule has 0 aromatic rings. The van der Waals surface area contributed by atoms with Crippen LogP contribution in [0.2, 0.25) is 0 Å². The minimum absolute atomic E-state index is 0.186. The SMILES string of the molecule is CCN(C(=O)NCC(C)COC)C(C)(C)C(=O)O. The van der Waals surface area contributed by atoms with Gasteiger partial charge in [-0.25, -0.2) is 9.59 Å². The summed E-state index contributed by atoms with van der Waals surface area (Å²) in [6.45, 7) is 8.07. The Balaban J connectivity index is 4.50. The highest BCUT2D eigenvalue weighted by Gasteiger charge is 2.36. The maximum absolute atomic E-state index is 11.9. The summed E-state index contributed by atoms with van der Waals surface area (Å²) in [5.74, 6) is -0.838. The molecular formula is C12H24N2O4. The summed E-state index contributed by atoms with van der Waals surface area (Å²) >= 11 is 0. The van der Waals surface area contributed by atoms with Crippen molar-refractivity contribution in [2.75, 3.05) is 26.8 Å². The second kappa shape index (κ2) is 7.20. The van der Waals surface area contributed by atoms with Crippen LogP contribution in [0.3, 0.4) is 0 Å². The fourth-order valence-corrected chi connectivity index (χ4v) is 1.61. The van der Waals surface area contributed by atoms with Crippen molar-refractivity contribution in [2.45, 2.75) is 33.2 Å². The molecular weight excluding hydrogens is 236 g/mol. The van der Waals surface area contributed by atoms with Crippen LogP contribution in [0.4, 0.5) is 4.79 Å². The quantitative estimate of drug-likeness (QED) is 0.720. The largest absolute Gasteiger partial charge is 0.480 e. The number of methoxy groups -OCH3 is 1. The average molecular weight is 260 g/mol. The van der Waals surface area contributed by atoms with Gasteiger partial charge < -0.3 is 20.1 Å². The molecule has 0 saturated heterocycles. The van der Waals surface area contributed by atoms with Crippen LogP contribution in [-0.4, -0.2) is 54.4 Å². The summed E-state index contributed by atoms with van der Waals surface area (Å²) in [6.07, 6.45) is 0. The number of carbonyl (C=O) groups excluding carboxylic acids is 1. The van der Waals surface area contributed by atoms with E-state index >= 15 is 0 Å². The molecule has 1 unspecified atom stereocenters. The number of ether oxygens (including phenoxy) is 1. The second-order valence-electron chi connectivity index (χ2n) is 4.85. The number of amides is 2. The highest BCUT2D eigenvalue weighted by atomic mass is 16.5. The molecule has 0 aliphatic carbocycles. The molecule has 0 fully saturated rings. The van der Waals surface area contributed by atoms with Crippen molar-refractivity contribution in [3.63, 3.8) is 0 Å². The van der Waals surface area contributed by atoms with Gasteiger partial charge in [0.05, 0.1) is 6.61 Å². The number of nitrogens with zero attached hydrogens (tertiary/aromatic N) is 1. The minimum atomic E-state index is -1.22. The fraction of sp³-hybridized carbons (Fsp3) is 0.833. The Morgan fingerprint density at radius 2 is 2.00 bits per heavy atom. The van der Waals surface area contributed by atoms with Crippen LogP contribution in [0.15, 0.2) is 0 Å². The molecule has 0 rings (SSSR count). The van der Waals surface area contributed by atoms with Gasteiger partial charge in [0.2, 0.25) is 0 Å². The van der Waals surface area contributed by atoms with Crippen LogP contribution >= 0.6 is 0 Å².